The smallest absolute Gasteiger partial charge is 0.419 e. The van der Waals surface area contributed by atoms with Crippen LogP contribution in [0.25, 0.3) is 0 Å². The lowest BCUT2D eigenvalue weighted by Crippen LogP contribution is -2.59. The van der Waals surface area contributed by atoms with E-state index in [2.05, 4.69) is 192 Å². The first kappa shape index (κ1) is 61.9. The molecule has 0 saturated heterocycles. The fourth-order valence-corrected chi connectivity index (χ4v) is 19.3. The quantitative estimate of drug-likeness (QED) is 0.0479. The largest absolute Gasteiger partial charge is 0.461 e. The van der Waals surface area contributed by atoms with Gasteiger partial charge in [-0.15, -0.1) is 0 Å². The predicted octanol–water partition coefficient (Wildman–Crippen LogP) is 15.9. The fourth-order valence-electron chi connectivity index (χ4n) is 15.1. The predicted molar refractivity (Wildman–Crippen MR) is 328 cm³/mol. The Morgan fingerprint density at radius 1 is 0.500 bits per heavy atom. The van der Waals surface area contributed by atoms with Crippen molar-refractivity contribution >= 4 is 45.7 Å². The third-order valence-corrected chi connectivity index (χ3v) is 22.3. The van der Waals surface area contributed by atoms with Gasteiger partial charge in [-0.25, -0.2) is 28.9 Å². The van der Waals surface area contributed by atoms with Gasteiger partial charge in [0.25, 0.3) is 0 Å². The number of carbonyl (C=O) groups is 4. The lowest BCUT2D eigenvalue weighted by Gasteiger charge is -2.60. The Balaban J connectivity index is 0.000000122. The van der Waals surface area contributed by atoms with Crippen molar-refractivity contribution in [1.82, 2.24) is 19.1 Å². The van der Waals surface area contributed by atoms with Crippen LogP contribution in [0.1, 0.15) is 89.3 Å². The van der Waals surface area contributed by atoms with E-state index in [4.69, 9.17) is 14.2 Å². The van der Waals surface area contributed by atoms with E-state index in [0.29, 0.717) is 50.9 Å². The van der Waals surface area contributed by atoms with E-state index in [1.165, 1.54) is 63.6 Å². The average Bonchev–Trinajstić information content (AvgIpc) is 0.804. The number of halogens is 4. The van der Waals surface area contributed by atoms with Gasteiger partial charge in [0, 0.05) is 44.0 Å². The lowest BCUT2D eigenvalue weighted by molar-refractivity contribution is -0.197. The summed E-state index contributed by atoms with van der Waals surface area (Å²) in [5.74, 6) is -8.73. The maximum atomic E-state index is 13.2. The molecule has 0 N–H and O–H groups in total. The number of aromatic nitrogens is 4. The Morgan fingerprint density at radius 3 is 1.25 bits per heavy atom. The molecule has 2 heterocycles. The van der Waals surface area contributed by atoms with Gasteiger partial charge in [0.05, 0.1) is 33.8 Å². The van der Waals surface area contributed by atoms with E-state index >= 15 is 0 Å². The second-order valence-electron chi connectivity index (χ2n) is 24.7. The molecule has 0 spiro atoms. The van der Waals surface area contributed by atoms with Gasteiger partial charge in [-0.1, -0.05) is 109 Å². The topological polar surface area (TPSA) is 132 Å². The fraction of sp³-hybridized carbons (Fsp3) is 0.352. The number of alkyl halides is 4. The molecule has 8 bridgehead atoms. The van der Waals surface area contributed by atoms with Crippen LogP contribution in [0, 0.1) is 40.4 Å². The van der Waals surface area contributed by atoms with Gasteiger partial charge in [0.15, 0.2) is 29.4 Å². The molecule has 0 radical (unpaired) electrons. The average molecular weight is 1230 g/mol. The van der Waals surface area contributed by atoms with Crippen LogP contribution in [0.2, 0.25) is 0 Å². The Hall–Kier alpha value is -7.76. The van der Waals surface area contributed by atoms with Crippen molar-refractivity contribution in [3.63, 3.8) is 0 Å². The molecule has 6 aromatic carbocycles. The molecule has 8 fully saturated rings. The van der Waals surface area contributed by atoms with Crippen molar-refractivity contribution in [1.29, 1.82) is 0 Å². The molecule has 2 aromatic heterocycles. The van der Waals surface area contributed by atoms with Gasteiger partial charge in [0.1, 0.15) is 24.4 Å². The summed E-state index contributed by atoms with van der Waals surface area (Å²) < 4.78 is 71.5. The summed E-state index contributed by atoms with van der Waals surface area (Å²) in [5.41, 5.74) is -1.44. The van der Waals surface area contributed by atoms with E-state index in [1.54, 1.807) is 12.4 Å². The standard InChI is InChI=1S/C18H22F2N2O4.2C18H15S.C17H20F2N2O3/c1-16(19,20)14(23)25-10-17-5-12-4-13(6-17)8-18(7-12,9-17)26-15(24)22-3-2-21-11-22;2*1-4-10-16(11-5-1)19(17-12-6-2-7-13-17)18-14-8-3-9-15-18;1-16(18,19)15(23)24-13-11-4-10-5-12(13)8-17(6-10,7-11)14(22)21-3-2-20-9-21/h2-3,11-13H,4-10H2,1H3;2*1-15H;2-3,9-13H,4-8H2,1H3/q;2*+1;. The number of nitrogens with zero attached hydrogens (tertiary/aromatic N) is 4. The second kappa shape index (κ2) is 26.5. The molecule has 88 heavy (non-hydrogen) atoms. The van der Waals surface area contributed by atoms with E-state index in [1.807, 2.05) is 0 Å². The van der Waals surface area contributed by atoms with Crippen molar-refractivity contribution in [2.24, 2.45) is 40.4 Å². The van der Waals surface area contributed by atoms with Crippen molar-refractivity contribution in [2.75, 3.05) is 6.61 Å². The Bertz CT molecular complexity index is 3250. The molecular formula is C71H72F4N4O7S2+2. The van der Waals surface area contributed by atoms with Crippen molar-refractivity contribution in [3.8, 4) is 0 Å². The molecule has 11 nitrogen and oxygen atoms in total. The summed E-state index contributed by atoms with van der Waals surface area (Å²) in [5, 5.41) is 0. The van der Waals surface area contributed by atoms with Crippen LogP contribution in [0.3, 0.4) is 0 Å². The summed E-state index contributed by atoms with van der Waals surface area (Å²) in [6.07, 6.45) is 16.8. The highest BCUT2D eigenvalue weighted by molar-refractivity contribution is 7.97. The van der Waals surface area contributed by atoms with Crippen molar-refractivity contribution in [3.05, 3.63) is 219 Å². The van der Waals surface area contributed by atoms with E-state index < -0.39 is 47.0 Å². The number of imidazole rings is 2. The molecule has 8 aliphatic carbocycles. The van der Waals surface area contributed by atoms with Crippen LogP contribution in [0.4, 0.5) is 22.4 Å². The number of esters is 2. The van der Waals surface area contributed by atoms with Crippen molar-refractivity contribution in [2.45, 2.75) is 137 Å². The van der Waals surface area contributed by atoms with Crippen LogP contribution < -0.4 is 0 Å². The van der Waals surface area contributed by atoms with Crippen LogP contribution in [-0.2, 0) is 45.6 Å². The third-order valence-electron chi connectivity index (χ3n) is 17.9. The Labute approximate surface area is 517 Å². The molecule has 456 valence electrons. The van der Waals surface area contributed by atoms with Crippen LogP contribution in [0.15, 0.2) is 249 Å². The molecule has 8 saturated carbocycles. The normalized spacial score (nSPS) is 25.2. The highest BCUT2D eigenvalue weighted by atomic mass is 32.2. The van der Waals surface area contributed by atoms with Gasteiger partial charge >= 0.3 is 29.9 Å². The highest BCUT2D eigenvalue weighted by Crippen LogP contribution is 2.64. The van der Waals surface area contributed by atoms with Gasteiger partial charge in [-0.05, 0) is 173 Å². The molecule has 17 heteroatoms. The van der Waals surface area contributed by atoms with Gasteiger partial charge in [-0.2, -0.15) is 17.6 Å². The highest BCUT2D eigenvalue weighted by Gasteiger charge is 2.62. The molecule has 16 rings (SSSR count). The van der Waals surface area contributed by atoms with Crippen molar-refractivity contribution < 1.29 is 51.0 Å². The molecule has 4 unspecified atom stereocenters. The van der Waals surface area contributed by atoms with Crippen LogP contribution in [-0.4, -0.2) is 73.2 Å². The first-order valence-corrected chi connectivity index (χ1v) is 32.5. The number of hydrogen-bond acceptors (Lipinski definition) is 9. The number of rotatable bonds is 13. The first-order valence-electron chi connectivity index (χ1n) is 30.0. The summed E-state index contributed by atoms with van der Waals surface area (Å²) in [6.45, 7) is 1.07. The van der Waals surface area contributed by atoms with Crippen LogP contribution >= 0.6 is 0 Å². The number of hydrogen-bond donors (Lipinski definition) is 0. The Morgan fingerprint density at radius 2 is 0.886 bits per heavy atom. The van der Waals surface area contributed by atoms with Gasteiger partial charge < -0.3 is 14.2 Å². The molecule has 4 atom stereocenters. The van der Waals surface area contributed by atoms with Crippen LogP contribution in [0.5, 0.6) is 0 Å². The molecule has 8 aliphatic rings. The minimum atomic E-state index is -3.49. The zero-order chi connectivity index (χ0) is 61.5. The monoisotopic (exact) mass is 1230 g/mol. The molecule has 0 aliphatic heterocycles. The number of carbonyl (C=O) groups excluding carboxylic acids is 4. The maximum absolute atomic E-state index is 13.2. The number of benzene rings is 6. The van der Waals surface area contributed by atoms with E-state index in [9.17, 15) is 36.7 Å². The van der Waals surface area contributed by atoms with E-state index in [0.717, 1.165) is 51.4 Å². The maximum Gasteiger partial charge on any atom is 0.419 e. The SMILES string of the molecule is CC(F)(F)C(=O)OC1C2CC3CC1CC(C(=O)n1ccnc1)(C3)C2.CC(F)(F)C(=O)OCC12CC3CC(C1)CC(OC(=O)n1ccnc1)(C3)C2.c1ccc([S+](c2ccccc2)c2ccccc2)cc1.c1ccc([S+](c2ccccc2)c2ccccc2)cc1. The minimum absolute atomic E-state index is 0.00461. The molecule has 0 amide bonds. The lowest BCUT2D eigenvalue weighted by atomic mass is 9.48. The molecule has 8 aromatic rings. The van der Waals surface area contributed by atoms with Gasteiger partial charge in [-0.3, -0.25) is 9.36 Å². The first-order chi connectivity index (χ1) is 42.4. The summed E-state index contributed by atoms with van der Waals surface area (Å²) >= 11 is 0. The Kier molecular flexibility index (Phi) is 18.6. The van der Waals surface area contributed by atoms with E-state index in [-0.39, 0.29) is 51.6 Å². The minimum Gasteiger partial charge on any atom is -0.461 e. The third kappa shape index (κ3) is 14.4. The summed E-state index contributed by atoms with van der Waals surface area (Å²) in [6, 6.07) is 64.3. The zero-order valence-electron chi connectivity index (χ0n) is 49.2. The summed E-state index contributed by atoms with van der Waals surface area (Å²) in [7, 11) is -0.0293. The second-order valence-corrected chi connectivity index (χ2v) is 28.8. The zero-order valence-corrected chi connectivity index (χ0v) is 50.8. The molecular weight excluding hydrogens is 1160 g/mol. The van der Waals surface area contributed by atoms with Gasteiger partial charge in [0.2, 0.25) is 5.91 Å². The summed E-state index contributed by atoms with van der Waals surface area (Å²) in [4.78, 5) is 64.4. The number of ether oxygens (including phenoxy) is 3.